The van der Waals surface area contributed by atoms with Crippen LogP contribution in [0.4, 0.5) is 0 Å². The minimum absolute atomic E-state index is 0.00249. The van der Waals surface area contributed by atoms with E-state index in [4.69, 9.17) is 13.7 Å². The van der Waals surface area contributed by atoms with Gasteiger partial charge in [0.1, 0.15) is 11.8 Å². The number of morpholine rings is 1. The van der Waals surface area contributed by atoms with Gasteiger partial charge >= 0.3 is 0 Å². The first-order chi connectivity index (χ1) is 10.7. The molecule has 1 aliphatic carbocycles. The molecule has 3 heterocycles. The van der Waals surface area contributed by atoms with Crippen LogP contribution in [-0.4, -0.2) is 39.3 Å². The summed E-state index contributed by atoms with van der Waals surface area (Å²) >= 11 is 0. The fourth-order valence-electron chi connectivity index (χ4n) is 2.94. The van der Waals surface area contributed by atoms with Crippen LogP contribution in [0.1, 0.15) is 55.1 Å². The maximum absolute atomic E-state index is 5.78. The van der Waals surface area contributed by atoms with Crippen molar-refractivity contribution in [2.24, 2.45) is 0 Å². The molecule has 0 amide bonds. The van der Waals surface area contributed by atoms with Gasteiger partial charge in [0.05, 0.1) is 25.5 Å². The van der Waals surface area contributed by atoms with Crippen molar-refractivity contribution in [2.75, 3.05) is 13.2 Å². The number of aromatic nitrogens is 3. The summed E-state index contributed by atoms with van der Waals surface area (Å²) in [7, 11) is 0. The fraction of sp³-hybridized carbons (Fsp3) is 0.667. The summed E-state index contributed by atoms with van der Waals surface area (Å²) in [5, 5.41) is 4.13. The Kier molecular flexibility index (Phi) is 3.46. The lowest BCUT2D eigenvalue weighted by Crippen LogP contribution is -2.43. The van der Waals surface area contributed by atoms with Crippen molar-refractivity contribution < 1.29 is 13.7 Å². The van der Waals surface area contributed by atoms with Crippen molar-refractivity contribution in [3.05, 3.63) is 29.6 Å². The third-order valence-electron chi connectivity index (χ3n) is 4.26. The number of hydrogen-bond acceptors (Lipinski definition) is 7. The minimum Gasteiger partial charge on any atom is -0.445 e. The zero-order chi connectivity index (χ0) is 15.1. The number of nitrogens with zero attached hydrogens (tertiary/aromatic N) is 4. The average Bonchev–Trinajstić information content (AvgIpc) is 3.10. The van der Waals surface area contributed by atoms with E-state index in [-0.39, 0.29) is 12.1 Å². The standard InChI is InChI=1S/C15H20N4O3/c1-9-7-16-12(21-9)8-19-5-6-20-10(2)13(19)15-17-14(18-22-15)11-3-4-11/h7,10-11,13H,3-6,8H2,1-2H3/t10-,13+/m1/s1. The smallest absolute Gasteiger partial charge is 0.246 e. The van der Waals surface area contributed by atoms with Crippen LogP contribution in [0.15, 0.2) is 15.1 Å². The summed E-state index contributed by atoms with van der Waals surface area (Å²) in [4.78, 5) is 11.1. The van der Waals surface area contributed by atoms with Gasteiger partial charge in [-0.05, 0) is 26.7 Å². The Morgan fingerprint density at radius 3 is 2.95 bits per heavy atom. The molecule has 1 saturated carbocycles. The Morgan fingerprint density at radius 2 is 2.23 bits per heavy atom. The van der Waals surface area contributed by atoms with Gasteiger partial charge in [0.15, 0.2) is 5.82 Å². The molecule has 1 aliphatic heterocycles. The summed E-state index contributed by atoms with van der Waals surface area (Å²) < 4.78 is 16.9. The number of rotatable bonds is 4. The highest BCUT2D eigenvalue weighted by molar-refractivity contribution is 5.06. The Bertz CT molecular complexity index is 649. The van der Waals surface area contributed by atoms with E-state index < -0.39 is 0 Å². The molecule has 0 aromatic carbocycles. The molecule has 7 heteroatoms. The molecule has 0 N–H and O–H groups in total. The van der Waals surface area contributed by atoms with Crippen LogP contribution in [0.5, 0.6) is 0 Å². The van der Waals surface area contributed by atoms with Gasteiger partial charge in [0, 0.05) is 12.5 Å². The molecule has 2 aromatic heterocycles. The molecule has 1 saturated heterocycles. The van der Waals surface area contributed by atoms with E-state index in [9.17, 15) is 0 Å². The van der Waals surface area contributed by atoms with E-state index in [1.165, 1.54) is 0 Å². The number of aryl methyl sites for hydroxylation is 1. The lowest BCUT2D eigenvalue weighted by molar-refractivity contribution is -0.0786. The molecule has 7 nitrogen and oxygen atoms in total. The van der Waals surface area contributed by atoms with E-state index in [0.29, 0.717) is 30.9 Å². The summed E-state index contributed by atoms with van der Waals surface area (Å²) in [6.07, 6.45) is 4.06. The molecular formula is C15H20N4O3. The van der Waals surface area contributed by atoms with Gasteiger partial charge in [-0.2, -0.15) is 4.98 Å². The Hall–Kier alpha value is -1.73. The Labute approximate surface area is 128 Å². The number of hydrogen-bond donors (Lipinski definition) is 0. The van der Waals surface area contributed by atoms with Crippen LogP contribution in [0.3, 0.4) is 0 Å². The van der Waals surface area contributed by atoms with Crippen molar-refractivity contribution in [1.82, 2.24) is 20.0 Å². The van der Waals surface area contributed by atoms with Gasteiger partial charge in [-0.25, -0.2) is 4.98 Å². The zero-order valence-electron chi connectivity index (χ0n) is 12.9. The molecule has 4 rings (SSSR count). The summed E-state index contributed by atoms with van der Waals surface area (Å²) in [6.45, 7) is 6.03. The first-order valence-corrected chi connectivity index (χ1v) is 7.81. The lowest BCUT2D eigenvalue weighted by Gasteiger charge is -2.36. The van der Waals surface area contributed by atoms with E-state index in [1.807, 2.05) is 13.8 Å². The maximum Gasteiger partial charge on any atom is 0.246 e. The van der Waals surface area contributed by atoms with Gasteiger partial charge in [-0.15, -0.1) is 0 Å². The van der Waals surface area contributed by atoms with Crippen molar-refractivity contribution >= 4 is 0 Å². The Morgan fingerprint density at radius 1 is 1.36 bits per heavy atom. The average molecular weight is 304 g/mol. The molecule has 2 aromatic rings. The lowest BCUT2D eigenvalue weighted by atomic mass is 10.1. The molecule has 2 fully saturated rings. The minimum atomic E-state index is -0.0547. The van der Waals surface area contributed by atoms with Crippen molar-refractivity contribution in [1.29, 1.82) is 0 Å². The van der Waals surface area contributed by atoms with Crippen LogP contribution in [0.2, 0.25) is 0 Å². The summed E-state index contributed by atoms with van der Waals surface area (Å²) in [5.74, 6) is 3.48. The van der Waals surface area contributed by atoms with Crippen LogP contribution >= 0.6 is 0 Å². The van der Waals surface area contributed by atoms with E-state index in [1.54, 1.807) is 6.20 Å². The predicted molar refractivity (Wildman–Crippen MR) is 76.1 cm³/mol. The molecule has 0 bridgehead atoms. The third kappa shape index (κ3) is 2.66. The van der Waals surface area contributed by atoms with Crippen molar-refractivity contribution in [3.63, 3.8) is 0 Å². The van der Waals surface area contributed by atoms with Gasteiger partial charge in [0.25, 0.3) is 0 Å². The maximum atomic E-state index is 5.78. The van der Waals surface area contributed by atoms with Crippen LogP contribution in [0, 0.1) is 6.92 Å². The van der Waals surface area contributed by atoms with Crippen molar-refractivity contribution in [3.8, 4) is 0 Å². The highest BCUT2D eigenvalue weighted by Gasteiger charge is 2.37. The monoisotopic (exact) mass is 304 g/mol. The van der Waals surface area contributed by atoms with Crippen molar-refractivity contribution in [2.45, 2.75) is 51.3 Å². The highest BCUT2D eigenvalue weighted by atomic mass is 16.5. The molecular weight excluding hydrogens is 284 g/mol. The SMILES string of the molecule is Cc1cnc(CN2CCO[C@H](C)[C@H]2c2nc(C3CC3)no2)o1. The highest BCUT2D eigenvalue weighted by Crippen LogP contribution is 2.39. The molecule has 2 atom stereocenters. The van der Waals surface area contributed by atoms with Gasteiger partial charge < -0.3 is 13.7 Å². The van der Waals surface area contributed by atoms with Crippen LogP contribution in [0.25, 0.3) is 0 Å². The van der Waals surface area contributed by atoms with Crippen LogP contribution in [-0.2, 0) is 11.3 Å². The first kappa shape index (κ1) is 13.9. The van der Waals surface area contributed by atoms with Gasteiger partial charge in [-0.3, -0.25) is 4.90 Å². The second-order valence-corrected chi connectivity index (χ2v) is 6.12. The summed E-state index contributed by atoms with van der Waals surface area (Å²) in [6, 6.07) is -0.0547. The second kappa shape index (κ2) is 5.48. The second-order valence-electron chi connectivity index (χ2n) is 6.12. The number of oxazole rings is 1. The summed E-state index contributed by atoms with van der Waals surface area (Å²) in [5.41, 5.74) is 0. The predicted octanol–water partition coefficient (Wildman–Crippen LogP) is 2.21. The zero-order valence-corrected chi connectivity index (χ0v) is 12.9. The van der Waals surface area contributed by atoms with E-state index in [0.717, 1.165) is 31.0 Å². The van der Waals surface area contributed by atoms with E-state index >= 15 is 0 Å². The van der Waals surface area contributed by atoms with E-state index in [2.05, 4.69) is 20.0 Å². The third-order valence-corrected chi connectivity index (χ3v) is 4.26. The topological polar surface area (TPSA) is 77.4 Å². The first-order valence-electron chi connectivity index (χ1n) is 7.81. The molecule has 0 spiro atoms. The fourth-order valence-corrected chi connectivity index (χ4v) is 2.94. The molecule has 0 unspecified atom stereocenters. The van der Waals surface area contributed by atoms with Crippen LogP contribution < -0.4 is 0 Å². The quantitative estimate of drug-likeness (QED) is 0.857. The largest absolute Gasteiger partial charge is 0.445 e. The number of ether oxygens (including phenoxy) is 1. The van der Waals surface area contributed by atoms with Gasteiger partial charge in [-0.1, -0.05) is 5.16 Å². The molecule has 22 heavy (non-hydrogen) atoms. The Balaban J connectivity index is 1.56. The van der Waals surface area contributed by atoms with Gasteiger partial charge in [0.2, 0.25) is 11.8 Å². The molecule has 118 valence electrons. The normalized spacial score (nSPS) is 26.5. The molecule has 2 aliphatic rings. The molecule has 0 radical (unpaired) electrons.